The molecule has 0 saturated carbocycles. The molecule has 0 aliphatic heterocycles. The summed E-state index contributed by atoms with van der Waals surface area (Å²) in [6.45, 7) is 4.40. The number of carbonyl (C=O) groups excluding carboxylic acids is 1. The van der Waals surface area contributed by atoms with Gasteiger partial charge in [-0.15, -0.1) is 0 Å². The zero-order valence-corrected chi connectivity index (χ0v) is 16.3. The fourth-order valence-electron chi connectivity index (χ4n) is 2.62. The van der Waals surface area contributed by atoms with Crippen molar-refractivity contribution < 1.29 is 14.3 Å². The number of rotatable bonds is 8. The van der Waals surface area contributed by atoms with Crippen LogP contribution in [-0.4, -0.2) is 40.9 Å². The molecule has 0 atom stereocenters. The molecule has 1 N–H and O–H groups in total. The lowest BCUT2D eigenvalue weighted by atomic mass is 10.1. The average Bonchev–Trinajstić information content (AvgIpc) is 3.23. The first kappa shape index (κ1) is 19.4. The summed E-state index contributed by atoms with van der Waals surface area (Å²) < 4.78 is 12.4. The molecule has 146 valence electrons. The number of pyridine rings is 1. The number of hydrogen-bond donors (Lipinski definition) is 1. The molecule has 1 amide bonds. The monoisotopic (exact) mass is 380 g/mol. The predicted molar refractivity (Wildman–Crippen MR) is 106 cm³/mol. The maximum atomic E-state index is 12.6. The number of amides is 1. The summed E-state index contributed by atoms with van der Waals surface area (Å²) in [5, 5.41) is 7.25. The lowest BCUT2D eigenvalue weighted by molar-refractivity contribution is -0.128. The van der Waals surface area contributed by atoms with Gasteiger partial charge in [-0.3, -0.25) is 14.5 Å². The summed E-state index contributed by atoms with van der Waals surface area (Å²) in [5.74, 6) is 1.36. The van der Waals surface area contributed by atoms with Gasteiger partial charge in [0.2, 0.25) is 5.91 Å². The number of aromatic nitrogens is 3. The molecule has 7 heteroatoms. The second-order valence-corrected chi connectivity index (χ2v) is 6.73. The molecule has 0 radical (unpaired) electrons. The summed E-state index contributed by atoms with van der Waals surface area (Å²) in [4.78, 5) is 17.0. The van der Waals surface area contributed by atoms with Gasteiger partial charge >= 0.3 is 0 Å². The van der Waals surface area contributed by atoms with Gasteiger partial charge in [-0.25, -0.2) is 0 Å². The van der Waals surface area contributed by atoms with Crippen LogP contribution in [0.3, 0.4) is 0 Å². The molecular formula is C21H24N4O3. The molecule has 28 heavy (non-hydrogen) atoms. The van der Waals surface area contributed by atoms with Crippen molar-refractivity contribution in [3.63, 3.8) is 0 Å². The molecule has 0 spiro atoms. The minimum Gasteiger partial charge on any atom is -0.497 e. The molecule has 2 heterocycles. The highest BCUT2D eigenvalue weighted by atomic mass is 16.5. The van der Waals surface area contributed by atoms with Gasteiger partial charge in [0.15, 0.2) is 0 Å². The van der Waals surface area contributed by atoms with Crippen molar-refractivity contribution in [3.05, 3.63) is 61.1 Å². The predicted octanol–water partition coefficient (Wildman–Crippen LogP) is 2.88. The van der Waals surface area contributed by atoms with Gasteiger partial charge in [-0.2, -0.15) is 5.10 Å². The van der Waals surface area contributed by atoms with E-state index >= 15 is 0 Å². The van der Waals surface area contributed by atoms with Crippen LogP contribution < -0.4 is 14.8 Å². The van der Waals surface area contributed by atoms with Crippen molar-refractivity contribution in [2.45, 2.75) is 19.4 Å². The average molecular weight is 380 g/mol. The summed E-state index contributed by atoms with van der Waals surface area (Å²) in [7, 11) is 1.62. The largest absolute Gasteiger partial charge is 0.497 e. The second-order valence-electron chi connectivity index (χ2n) is 6.73. The van der Waals surface area contributed by atoms with Gasteiger partial charge in [0, 0.05) is 18.0 Å². The Kier molecular flexibility index (Phi) is 5.93. The molecule has 0 bridgehead atoms. The van der Waals surface area contributed by atoms with Gasteiger partial charge in [0.05, 0.1) is 25.5 Å². The smallest absolute Gasteiger partial charge is 0.247 e. The number of nitrogens with one attached hydrogen (secondary N) is 1. The molecule has 1 aromatic carbocycles. The van der Waals surface area contributed by atoms with Crippen LogP contribution in [0.4, 0.5) is 0 Å². The van der Waals surface area contributed by atoms with Crippen LogP contribution in [0, 0.1) is 0 Å². The third-order valence-electron chi connectivity index (χ3n) is 4.39. The van der Waals surface area contributed by atoms with E-state index in [1.54, 1.807) is 24.2 Å². The quantitative estimate of drug-likeness (QED) is 0.608. The molecule has 2 aromatic heterocycles. The van der Waals surface area contributed by atoms with Crippen LogP contribution in [0.25, 0.3) is 11.3 Å². The molecule has 7 nitrogen and oxygen atoms in total. The van der Waals surface area contributed by atoms with Crippen molar-refractivity contribution >= 4 is 5.91 Å². The molecule has 0 aliphatic carbocycles. The number of hydrogen-bond acceptors (Lipinski definition) is 5. The van der Waals surface area contributed by atoms with E-state index in [1.165, 1.54) is 0 Å². The zero-order valence-electron chi connectivity index (χ0n) is 16.3. The lowest BCUT2D eigenvalue weighted by Crippen LogP contribution is -2.45. The molecule has 3 aromatic rings. The Morgan fingerprint density at radius 1 is 1.14 bits per heavy atom. The Bertz CT molecular complexity index is 905. The van der Waals surface area contributed by atoms with Crippen LogP contribution in [0.2, 0.25) is 0 Å². The van der Waals surface area contributed by atoms with Crippen molar-refractivity contribution in [2.75, 3.05) is 20.3 Å². The van der Waals surface area contributed by atoms with Crippen molar-refractivity contribution in [3.8, 4) is 22.8 Å². The van der Waals surface area contributed by atoms with Crippen LogP contribution in [0.5, 0.6) is 11.5 Å². The van der Waals surface area contributed by atoms with Crippen LogP contribution in [0.1, 0.15) is 13.8 Å². The standard InChI is InChI=1S/C21H24N4O3/c1-21(2,25-15-16(14-24-25)19-6-4-5-11-22-19)20(26)23-12-13-28-18-9-7-17(27-3)8-10-18/h4-11,14-15H,12-13H2,1-3H3,(H,23,26). The fraction of sp³-hybridized carbons (Fsp3) is 0.286. The molecule has 3 rings (SSSR count). The number of nitrogens with zero attached hydrogens (tertiary/aromatic N) is 3. The summed E-state index contributed by atoms with van der Waals surface area (Å²) in [6, 6.07) is 13.0. The van der Waals surface area contributed by atoms with E-state index in [9.17, 15) is 4.79 Å². The van der Waals surface area contributed by atoms with E-state index in [0.29, 0.717) is 13.2 Å². The van der Waals surface area contributed by atoms with Gasteiger partial charge in [-0.1, -0.05) is 6.07 Å². The Morgan fingerprint density at radius 2 is 1.89 bits per heavy atom. The molecular weight excluding hydrogens is 356 g/mol. The Hall–Kier alpha value is -3.35. The van der Waals surface area contributed by atoms with Crippen molar-refractivity contribution in [2.24, 2.45) is 0 Å². The van der Waals surface area contributed by atoms with E-state index < -0.39 is 5.54 Å². The third kappa shape index (κ3) is 4.49. The van der Waals surface area contributed by atoms with E-state index in [1.807, 2.05) is 62.5 Å². The van der Waals surface area contributed by atoms with E-state index in [4.69, 9.17) is 9.47 Å². The first-order valence-corrected chi connectivity index (χ1v) is 9.02. The summed E-state index contributed by atoms with van der Waals surface area (Å²) in [6.07, 6.45) is 5.27. The van der Waals surface area contributed by atoms with Gasteiger partial charge < -0.3 is 14.8 Å². The third-order valence-corrected chi connectivity index (χ3v) is 4.39. The maximum Gasteiger partial charge on any atom is 0.247 e. The number of benzene rings is 1. The van der Waals surface area contributed by atoms with Gasteiger partial charge in [0.25, 0.3) is 0 Å². The SMILES string of the molecule is COc1ccc(OCCNC(=O)C(C)(C)n2cc(-c3ccccn3)cn2)cc1. The highest BCUT2D eigenvalue weighted by molar-refractivity contribution is 5.83. The Labute approximate surface area is 164 Å². The normalized spacial score (nSPS) is 11.1. The minimum atomic E-state index is -0.840. The van der Waals surface area contributed by atoms with Crippen molar-refractivity contribution in [1.29, 1.82) is 0 Å². The Morgan fingerprint density at radius 3 is 2.57 bits per heavy atom. The number of carbonyl (C=O) groups is 1. The molecule has 0 fully saturated rings. The number of ether oxygens (including phenoxy) is 2. The summed E-state index contributed by atoms with van der Waals surface area (Å²) in [5.41, 5.74) is 0.842. The Balaban J connectivity index is 1.53. The first-order valence-electron chi connectivity index (χ1n) is 9.02. The van der Waals surface area contributed by atoms with E-state index in [0.717, 1.165) is 22.8 Å². The van der Waals surface area contributed by atoms with E-state index in [2.05, 4.69) is 15.4 Å². The minimum absolute atomic E-state index is 0.137. The summed E-state index contributed by atoms with van der Waals surface area (Å²) >= 11 is 0. The van der Waals surface area contributed by atoms with Gasteiger partial charge in [0.1, 0.15) is 23.6 Å². The molecule has 0 saturated heterocycles. The second kappa shape index (κ2) is 8.56. The zero-order chi connectivity index (χ0) is 20.0. The molecule has 0 aliphatic rings. The fourth-order valence-corrected chi connectivity index (χ4v) is 2.62. The highest BCUT2D eigenvalue weighted by Crippen LogP contribution is 2.21. The highest BCUT2D eigenvalue weighted by Gasteiger charge is 2.30. The van der Waals surface area contributed by atoms with E-state index in [-0.39, 0.29) is 5.91 Å². The lowest BCUT2D eigenvalue weighted by Gasteiger charge is -2.24. The van der Waals surface area contributed by atoms with Crippen LogP contribution >= 0.6 is 0 Å². The van der Waals surface area contributed by atoms with Crippen LogP contribution in [-0.2, 0) is 10.3 Å². The maximum absolute atomic E-state index is 12.6. The van der Waals surface area contributed by atoms with Crippen molar-refractivity contribution in [1.82, 2.24) is 20.1 Å². The molecule has 0 unspecified atom stereocenters. The van der Waals surface area contributed by atoms with Crippen LogP contribution in [0.15, 0.2) is 61.1 Å². The first-order chi connectivity index (χ1) is 13.5. The number of methoxy groups -OCH3 is 1. The topological polar surface area (TPSA) is 78.3 Å². The van der Waals surface area contributed by atoms with Gasteiger partial charge in [-0.05, 0) is 50.2 Å².